The summed E-state index contributed by atoms with van der Waals surface area (Å²) in [7, 11) is 0. The minimum absolute atomic E-state index is 0.0933. The molecule has 1 aliphatic rings. The summed E-state index contributed by atoms with van der Waals surface area (Å²) >= 11 is 0. The average Bonchev–Trinajstić information content (AvgIpc) is 2.41. The molecule has 0 amide bonds. The van der Waals surface area contributed by atoms with Gasteiger partial charge in [0.1, 0.15) is 0 Å². The summed E-state index contributed by atoms with van der Waals surface area (Å²) in [6.07, 6.45) is 4.49. The van der Waals surface area contributed by atoms with E-state index in [2.05, 4.69) is 18.7 Å². The van der Waals surface area contributed by atoms with Crippen LogP contribution in [0.4, 0.5) is 0 Å². The third-order valence-electron chi connectivity index (χ3n) is 4.22. The Bertz CT molecular complexity index is 214. The average molecular weight is 258 g/mol. The molecule has 0 saturated carbocycles. The fourth-order valence-corrected chi connectivity index (χ4v) is 3.02. The molecule has 1 heterocycles. The van der Waals surface area contributed by atoms with Crippen LogP contribution in [-0.2, 0) is 4.74 Å². The van der Waals surface area contributed by atoms with Gasteiger partial charge in [0.25, 0.3) is 0 Å². The van der Waals surface area contributed by atoms with Crippen LogP contribution in [0.2, 0.25) is 0 Å². The van der Waals surface area contributed by atoms with Crippen LogP contribution in [0.1, 0.15) is 39.5 Å². The van der Waals surface area contributed by atoms with Crippen LogP contribution < -0.4 is 5.73 Å². The molecular weight excluding hydrogens is 228 g/mol. The Morgan fingerprint density at radius 3 is 2.56 bits per heavy atom. The van der Waals surface area contributed by atoms with E-state index < -0.39 is 0 Å². The van der Waals surface area contributed by atoms with Gasteiger partial charge in [0.2, 0.25) is 0 Å². The van der Waals surface area contributed by atoms with Crippen molar-refractivity contribution in [3.8, 4) is 0 Å². The van der Waals surface area contributed by atoms with Gasteiger partial charge < -0.3 is 15.6 Å². The lowest BCUT2D eigenvalue weighted by atomic mass is 9.81. The Morgan fingerprint density at radius 1 is 1.39 bits per heavy atom. The van der Waals surface area contributed by atoms with Gasteiger partial charge in [-0.15, -0.1) is 0 Å². The van der Waals surface area contributed by atoms with E-state index in [1.54, 1.807) is 0 Å². The van der Waals surface area contributed by atoms with E-state index in [1.165, 1.54) is 0 Å². The number of hydrogen-bond acceptors (Lipinski definition) is 4. The highest BCUT2D eigenvalue weighted by Crippen LogP contribution is 2.29. The van der Waals surface area contributed by atoms with Crippen LogP contribution in [-0.4, -0.2) is 55.5 Å². The van der Waals surface area contributed by atoms with Gasteiger partial charge in [0.05, 0.1) is 13.2 Å². The van der Waals surface area contributed by atoms with E-state index in [-0.39, 0.29) is 12.0 Å². The normalized spacial score (nSPS) is 25.0. The van der Waals surface area contributed by atoms with Crippen LogP contribution in [0.5, 0.6) is 0 Å². The first-order valence-electron chi connectivity index (χ1n) is 7.34. The first-order chi connectivity index (χ1) is 8.71. The molecular formula is C14H30N2O2. The Balaban J connectivity index is 2.66. The van der Waals surface area contributed by atoms with Gasteiger partial charge in [-0.3, -0.25) is 4.90 Å². The summed E-state index contributed by atoms with van der Waals surface area (Å²) in [5, 5.41) is 9.26. The number of aliphatic hydroxyl groups is 1. The van der Waals surface area contributed by atoms with Gasteiger partial charge in [-0.2, -0.15) is 0 Å². The molecule has 0 radical (unpaired) electrons. The maximum Gasteiger partial charge on any atom is 0.0558 e. The van der Waals surface area contributed by atoms with E-state index in [0.717, 1.165) is 52.0 Å². The second-order valence-corrected chi connectivity index (χ2v) is 5.52. The molecule has 1 unspecified atom stereocenters. The molecule has 1 rings (SSSR count). The molecule has 1 saturated heterocycles. The second-order valence-electron chi connectivity index (χ2n) is 5.52. The third kappa shape index (κ3) is 4.19. The van der Waals surface area contributed by atoms with Crippen molar-refractivity contribution in [2.75, 3.05) is 39.5 Å². The van der Waals surface area contributed by atoms with Crippen LogP contribution in [0.3, 0.4) is 0 Å². The van der Waals surface area contributed by atoms with E-state index in [1.807, 2.05) is 0 Å². The molecule has 1 aliphatic heterocycles. The lowest BCUT2D eigenvalue weighted by Gasteiger charge is -2.42. The third-order valence-corrected chi connectivity index (χ3v) is 4.22. The lowest BCUT2D eigenvalue weighted by molar-refractivity contribution is -0.0319. The molecule has 1 atom stereocenters. The Labute approximate surface area is 111 Å². The molecule has 3 N–H and O–H groups in total. The monoisotopic (exact) mass is 258 g/mol. The number of nitrogens with two attached hydrogens (primary N) is 1. The molecule has 0 aliphatic carbocycles. The summed E-state index contributed by atoms with van der Waals surface area (Å²) in [5.74, 6) is 0. The fourth-order valence-electron chi connectivity index (χ4n) is 3.02. The van der Waals surface area contributed by atoms with Crippen molar-refractivity contribution in [1.29, 1.82) is 0 Å². The number of rotatable bonds is 8. The van der Waals surface area contributed by atoms with Crippen molar-refractivity contribution in [3.05, 3.63) is 0 Å². The van der Waals surface area contributed by atoms with Crippen molar-refractivity contribution in [3.63, 3.8) is 0 Å². The number of nitrogens with zero attached hydrogens (tertiary/aromatic N) is 1. The molecule has 18 heavy (non-hydrogen) atoms. The molecule has 0 aromatic carbocycles. The van der Waals surface area contributed by atoms with Gasteiger partial charge in [-0.1, -0.05) is 13.8 Å². The van der Waals surface area contributed by atoms with Crippen LogP contribution in [0.15, 0.2) is 0 Å². The summed E-state index contributed by atoms with van der Waals surface area (Å²) < 4.78 is 5.63. The quantitative estimate of drug-likeness (QED) is 0.687. The van der Waals surface area contributed by atoms with E-state index in [0.29, 0.717) is 12.6 Å². The first kappa shape index (κ1) is 15.9. The topological polar surface area (TPSA) is 58.7 Å². The summed E-state index contributed by atoms with van der Waals surface area (Å²) in [5.41, 5.74) is 6.09. The van der Waals surface area contributed by atoms with Crippen molar-refractivity contribution in [2.45, 2.75) is 45.6 Å². The minimum atomic E-state index is 0.0933. The van der Waals surface area contributed by atoms with Gasteiger partial charge in [-0.25, -0.2) is 0 Å². The zero-order valence-electron chi connectivity index (χ0n) is 12.0. The van der Waals surface area contributed by atoms with Crippen molar-refractivity contribution < 1.29 is 9.84 Å². The highest BCUT2D eigenvalue weighted by atomic mass is 16.5. The maximum atomic E-state index is 9.26. The van der Waals surface area contributed by atoms with E-state index >= 15 is 0 Å². The molecule has 4 heteroatoms. The molecule has 0 aromatic heterocycles. The SMILES string of the molecule is CCC(CC)N(CCO)CC1(CN)CCCOC1. The molecule has 0 spiro atoms. The fraction of sp³-hybridized carbons (Fsp3) is 1.00. The standard InChI is InChI=1S/C14H30N2O2/c1-3-13(4-2)16(7-8-17)11-14(10-15)6-5-9-18-12-14/h13,17H,3-12,15H2,1-2H3. The van der Waals surface area contributed by atoms with E-state index in [4.69, 9.17) is 10.5 Å². The van der Waals surface area contributed by atoms with Gasteiger partial charge in [0, 0.05) is 37.7 Å². The van der Waals surface area contributed by atoms with Crippen LogP contribution >= 0.6 is 0 Å². The predicted octanol–water partition coefficient (Wildman–Crippen LogP) is 1.22. The molecule has 108 valence electrons. The Hall–Kier alpha value is -0.160. The highest BCUT2D eigenvalue weighted by molar-refractivity contribution is 4.87. The molecule has 0 bridgehead atoms. The van der Waals surface area contributed by atoms with Crippen molar-refractivity contribution >= 4 is 0 Å². The highest BCUT2D eigenvalue weighted by Gasteiger charge is 2.34. The van der Waals surface area contributed by atoms with E-state index in [9.17, 15) is 5.11 Å². The number of hydrogen-bond donors (Lipinski definition) is 2. The number of aliphatic hydroxyl groups excluding tert-OH is 1. The van der Waals surface area contributed by atoms with Gasteiger partial charge in [-0.05, 0) is 25.7 Å². The zero-order valence-corrected chi connectivity index (χ0v) is 12.0. The zero-order chi connectivity index (χ0) is 13.4. The van der Waals surface area contributed by atoms with Crippen LogP contribution in [0, 0.1) is 5.41 Å². The lowest BCUT2D eigenvalue weighted by Crippen LogP contribution is -2.51. The summed E-state index contributed by atoms with van der Waals surface area (Å²) in [6, 6.07) is 0.544. The smallest absolute Gasteiger partial charge is 0.0558 e. The minimum Gasteiger partial charge on any atom is -0.395 e. The summed E-state index contributed by atoms with van der Waals surface area (Å²) in [6.45, 7) is 8.66. The largest absolute Gasteiger partial charge is 0.395 e. The van der Waals surface area contributed by atoms with Gasteiger partial charge >= 0.3 is 0 Å². The molecule has 4 nitrogen and oxygen atoms in total. The Kier molecular flexibility index (Phi) is 7.15. The van der Waals surface area contributed by atoms with Crippen molar-refractivity contribution in [1.82, 2.24) is 4.90 Å². The first-order valence-corrected chi connectivity index (χ1v) is 7.34. The number of ether oxygens (including phenoxy) is 1. The molecule has 1 fully saturated rings. The maximum absolute atomic E-state index is 9.26. The van der Waals surface area contributed by atoms with Crippen molar-refractivity contribution in [2.24, 2.45) is 11.1 Å². The summed E-state index contributed by atoms with van der Waals surface area (Å²) in [4.78, 5) is 2.40. The van der Waals surface area contributed by atoms with Crippen LogP contribution in [0.25, 0.3) is 0 Å². The van der Waals surface area contributed by atoms with Gasteiger partial charge in [0.15, 0.2) is 0 Å². The predicted molar refractivity (Wildman–Crippen MR) is 74.6 cm³/mol. The molecule has 0 aromatic rings. The second kappa shape index (κ2) is 8.10. The Morgan fingerprint density at radius 2 is 2.11 bits per heavy atom.